The lowest BCUT2D eigenvalue weighted by Gasteiger charge is -2.04. The van der Waals surface area contributed by atoms with Crippen molar-refractivity contribution in [1.82, 2.24) is 0 Å². The van der Waals surface area contributed by atoms with Crippen LogP contribution in [-0.2, 0) is 0 Å². The summed E-state index contributed by atoms with van der Waals surface area (Å²) < 4.78 is 39.8. The van der Waals surface area contributed by atoms with Gasteiger partial charge in [0.1, 0.15) is 17.5 Å². The number of halogens is 4. The van der Waals surface area contributed by atoms with Gasteiger partial charge in [-0.15, -0.1) is 0 Å². The molecule has 2 aromatic rings. The Labute approximate surface area is 98.9 Å². The topological polar surface area (TPSA) is 0 Å². The Morgan fingerprint density at radius 1 is 0.938 bits per heavy atom. The summed E-state index contributed by atoms with van der Waals surface area (Å²) in [5, 5.41) is 0. The first-order valence-corrected chi connectivity index (χ1v) is 5.19. The summed E-state index contributed by atoms with van der Waals surface area (Å²) in [6.07, 6.45) is 0. The Morgan fingerprint density at radius 3 is 2.38 bits per heavy atom. The Kier molecular flexibility index (Phi) is 3.01. The SMILES string of the molecule is Fc1cc(Br)cc(-c2cc(F)c[c]c2F)c1. The first-order valence-electron chi connectivity index (χ1n) is 4.39. The number of hydrogen-bond donors (Lipinski definition) is 0. The Bertz CT molecular complexity index is 518. The molecule has 0 aromatic heterocycles. The minimum Gasteiger partial charge on any atom is -0.207 e. The van der Waals surface area contributed by atoms with Crippen LogP contribution in [0.3, 0.4) is 0 Å². The van der Waals surface area contributed by atoms with E-state index in [4.69, 9.17) is 0 Å². The molecule has 0 saturated heterocycles. The van der Waals surface area contributed by atoms with E-state index in [2.05, 4.69) is 22.0 Å². The average Bonchev–Trinajstić information content (AvgIpc) is 2.20. The fourth-order valence-electron chi connectivity index (χ4n) is 1.37. The molecule has 0 nitrogen and oxygen atoms in total. The van der Waals surface area contributed by atoms with Crippen molar-refractivity contribution in [2.75, 3.05) is 0 Å². The molecule has 0 saturated carbocycles. The zero-order chi connectivity index (χ0) is 11.7. The van der Waals surface area contributed by atoms with E-state index < -0.39 is 17.5 Å². The van der Waals surface area contributed by atoms with E-state index in [1.165, 1.54) is 12.1 Å². The molecule has 0 heterocycles. The minimum atomic E-state index is -0.709. The Balaban J connectivity index is 2.62. The molecule has 0 amide bonds. The normalized spacial score (nSPS) is 10.5. The molecule has 2 aromatic carbocycles. The molecule has 81 valence electrons. The van der Waals surface area contributed by atoms with E-state index in [9.17, 15) is 13.2 Å². The third-order valence-electron chi connectivity index (χ3n) is 2.03. The van der Waals surface area contributed by atoms with Gasteiger partial charge in [-0.3, -0.25) is 0 Å². The predicted molar refractivity (Wildman–Crippen MR) is 58.3 cm³/mol. The lowest BCUT2D eigenvalue weighted by molar-refractivity contribution is 0.600. The molecule has 2 rings (SSSR count). The van der Waals surface area contributed by atoms with E-state index in [0.29, 0.717) is 4.47 Å². The van der Waals surface area contributed by atoms with Crippen LogP contribution in [0.2, 0.25) is 0 Å². The van der Waals surface area contributed by atoms with E-state index >= 15 is 0 Å². The van der Waals surface area contributed by atoms with Gasteiger partial charge >= 0.3 is 0 Å². The highest BCUT2D eigenvalue weighted by Crippen LogP contribution is 2.27. The van der Waals surface area contributed by atoms with Crippen molar-refractivity contribution < 1.29 is 13.2 Å². The van der Waals surface area contributed by atoms with Gasteiger partial charge in [0.05, 0.1) is 0 Å². The smallest absolute Gasteiger partial charge is 0.139 e. The lowest BCUT2D eigenvalue weighted by Crippen LogP contribution is -1.88. The van der Waals surface area contributed by atoms with Crippen LogP contribution < -0.4 is 0 Å². The van der Waals surface area contributed by atoms with Crippen molar-refractivity contribution >= 4 is 15.9 Å². The summed E-state index contributed by atoms with van der Waals surface area (Å²) in [6.45, 7) is 0. The number of benzene rings is 2. The Morgan fingerprint density at radius 2 is 1.69 bits per heavy atom. The minimum absolute atomic E-state index is 0.0137. The van der Waals surface area contributed by atoms with Gasteiger partial charge in [0.25, 0.3) is 0 Å². The Hall–Kier alpha value is -1.29. The molecular formula is C12H5BrF3. The molecule has 0 aliphatic rings. The zero-order valence-electron chi connectivity index (χ0n) is 7.90. The van der Waals surface area contributed by atoms with E-state index in [1.54, 1.807) is 0 Å². The summed E-state index contributed by atoms with van der Waals surface area (Å²) in [4.78, 5) is 0. The summed E-state index contributed by atoms with van der Waals surface area (Å²) in [5.74, 6) is -1.84. The number of rotatable bonds is 1. The molecule has 0 N–H and O–H groups in total. The van der Waals surface area contributed by atoms with Gasteiger partial charge < -0.3 is 0 Å². The summed E-state index contributed by atoms with van der Waals surface area (Å²) in [7, 11) is 0. The third kappa shape index (κ3) is 2.27. The van der Waals surface area contributed by atoms with Gasteiger partial charge in [0.15, 0.2) is 0 Å². The van der Waals surface area contributed by atoms with Crippen LogP contribution in [0.25, 0.3) is 11.1 Å². The molecule has 0 aliphatic heterocycles. The van der Waals surface area contributed by atoms with Crippen LogP contribution in [0.15, 0.2) is 34.8 Å². The van der Waals surface area contributed by atoms with Crippen LogP contribution >= 0.6 is 15.9 Å². The molecule has 0 unspecified atom stereocenters. The van der Waals surface area contributed by atoms with Crippen molar-refractivity contribution in [3.8, 4) is 11.1 Å². The summed E-state index contributed by atoms with van der Waals surface area (Å²) in [6, 6.07) is 7.91. The van der Waals surface area contributed by atoms with Gasteiger partial charge in [0.2, 0.25) is 0 Å². The summed E-state index contributed by atoms with van der Waals surface area (Å²) >= 11 is 3.09. The quantitative estimate of drug-likeness (QED) is 0.731. The molecule has 0 fully saturated rings. The van der Waals surface area contributed by atoms with Crippen molar-refractivity contribution in [3.05, 3.63) is 58.3 Å². The van der Waals surface area contributed by atoms with Gasteiger partial charge in [-0.1, -0.05) is 15.9 Å². The molecule has 1 radical (unpaired) electrons. The highest BCUT2D eigenvalue weighted by molar-refractivity contribution is 9.10. The molecule has 0 spiro atoms. The van der Waals surface area contributed by atoms with Crippen molar-refractivity contribution in [1.29, 1.82) is 0 Å². The largest absolute Gasteiger partial charge is 0.207 e. The molecule has 0 atom stereocenters. The fraction of sp³-hybridized carbons (Fsp3) is 0. The van der Waals surface area contributed by atoms with Gasteiger partial charge in [-0.05, 0) is 35.9 Å². The van der Waals surface area contributed by atoms with Crippen LogP contribution in [0, 0.1) is 23.5 Å². The van der Waals surface area contributed by atoms with Crippen LogP contribution in [0.1, 0.15) is 0 Å². The average molecular weight is 286 g/mol. The molecule has 0 bridgehead atoms. The van der Waals surface area contributed by atoms with Crippen LogP contribution in [-0.4, -0.2) is 0 Å². The van der Waals surface area contributed by atoms with Gasteiger partial charge in [-0.25, -0.2) is 13.2 Å². The maximum absolute atomic E-state index is 13.4. The van der Waals surface area contributed by atoms with E-state index in [1.807, 2.05) is 0 Å². The van der Waals surface area contributed by atoms with E-state index in [0.717, 1.165) is 18.2 Å². The predicted octanol–water partition coefficient (Wildman–Crippen LogP) is 4.33. The van der Waals surface area contributed by atoms with Crippen molar-refractivity contribution in [2.45, 2.75) is 0 Å². The second-order valence-corrected chi connectivity index (χ2v) is 4.12. The van der Waals surface area contributed by atoms with Gasteiger partial charge in [0, 0.05) is 16.1 Å². The molecule has 16 heavy (non-hydrogen) atoms. The monoisotopic (exact) mass is 285 g/mol. The highest BCUT2D eigenvalue weighted by Gasteiger charge is 2.08. The molecule has 0 aliphatic carbocycles. The first-order chi connectivity index (χ1) is 7.56. The summed E-state index contributed by atoms with van der Waals surface area (Å²) in [5.41, 5.74) is 0.250. The zero-order valence-corrected chi connectivity index (χ0v) is 9.48. The van der Waals surface area contributed by atoms with Crippen molar-refractivity contribution in [2.24, 2.45) is 0 Å². The maximum Gasteiger partial charge on any atom is 0.139 e. The maximum atomic E-state index is 13.4. The van der Waals surface area contributed by atoms with Crippen LogP contribution in [0.5, 0.6) is 0 Å². The number of hydrogen-bond acceptors (Lipinski definition) is 0. The first kappa shape index (κ1) is 11.2. The third-order valence-corrected chi connectivity index (χ3v) is 2.49. The standard InChI is InChI=1S/C12H5BrF3/c13-8-3-7(4-10(15)5-8)11-6-9(14)1-2-12(11)16/h1,3-6H. The van der Waals surface area contributed by atoms with Crippen LogP contribution in [0.4, 0.5) is 13.2 Å². The highest BCUT2D eigenvalue weighted by atomic mass is 79.9. The van der Waals surface area contributed by atoms with Gasteiger partial charge in [-0.2, -0.15) is 0 Å². The fourth-order valence-corrected chi connectivity index (χ4v) is 1.84. The lowest BCUT2D eigenvalue weighted by atomic mass is 10.1. The van der Waals surface area contributed by atoms with E-state index in [-0.39, 0.29) is 11.1 Å². The molecular weight excluding hydrogens is 281 g/mol. The second kappa shape index (κ2) is 4.29. The second-order valence-electron chi connectivity index (χ2n) is 3.20. The van der Waals surface area contributed by atoms with Crippen molar-refractivity contribution in [3.63, 3.8) is 0 Å². The molecule has 4 heteroatoms.